The van der Waals surface area contributed by atoms with E-state index in [2.05, 4.69) is 34.2 Å². The van der Waals surface area contributed by atoms with Gasteiger partial charge in [-0.05, 0) is 54.4 Å². The number of nitrogens with two attached hydrogens (primary N) is 1. The number of rotatable bonds is 5. The number of hydrogen-bond donors (Lipinski definition) is 2. The normalized spacial score (nSPS) is 11.3. The Morgan fingerprint density at radius 1 is 0.966 bits per heavy atom. The first kappa shape index (κ1) is 18.8. The van der Waals surface area contributed by atoms with Crippen LogP contribution in [0, 0.1) is 17.6 Å². The van der Waals surface area contributed by atoms with Gasteiger partial charge in [-0.15, -0.1) is 5.10 Å². The van der Waals surface area contributed by atoms with E-state index in [0.29, 0.717) is 52.2 Å². The molecule has 0 spiro atoms. The van der Waals surface area contributed by atoms with Crippen LogP contribution in [-0.4, -0.2) is 26.3 Å². The number of nitrogens with one attached hydrogen (secondary N) is 1. The average Bonchev–Trinajstić information content (AvgIpc) is 3.03. The molecule has 2 heterocycles. The molecule has 0 aliphatic carbocycles. The van der Waals surface area contributed by atoms with Crippen molar-refractivity contribution >= 4 is 22.8 Å². The van der Waals surface area contributed by atoms with Crippen molar-refractivity contribution in [1.82, 2.24) is 19.7 Å². The van der Waals surface area contributed by atoms with Gasteiger partial charge in [0.2, 0.25) is 5.95 Å². The van der Waals surface area contributed by atoms with Crippen LogP contribution in [0.15, 0.2) is 48.5 Å². The fourth-order valence-corrected chi connectivity index (χ4v) is 2.98. The molecule has 0 aliphatic rings. The summed E-state index contributed by atoms with van der Waals surface area (Å²) in [6.07, 6.45) is 0. The second kappa shape index (κ2) is 7.46. The van der Waals surface area contributed by atoms with E-state index in [1.165, 1.54) is 28.9 Å². The zero-order valence-corrected chi connectivity index (χ0v) is 16.0. The highest BCUT2D eigenvalue weighted by Crippen LogP contribution is 2.32. The molecule has 3 N–H and O–H groups in total. The summed E-state index contributed by atoms with van der Waals surface area (Å²) >= 11 is 0. The highest BCUT2D eigenvalue weighted by molar-refractivity contribution is 5.99. The topological polar surface area (TPSA) is 81.6 Å². The number of nitrogen functional groups attached to an aromatic ring is 1. The van der Waals surface area contributed by atoms with Crippen molar-refractivity contribution in [1.29, 1.82) is 0 Å². The Morgan fingerprint density at radius 3 is 2.21 bits per heavy atom. The van der Waals surface area contributed by atoms with Crippen molar-refractivity contribution in [2.75, 3.05) is 17.6 Å². The van der Waals surface area contributed by atoms with Gasteiger partial charge in [0.05, 0.1) is 16.8 Å². The zero-order valence-electron chi connectivity index (χ0n) is 16.0. The van der Waals surface area contributed by atoms with Gasteiger partial charge in [-0.3, -0.25) is 0 Å². The number of anilines is 2. The summed E-state index contributed by atoms with van der Waals surface area (Å²) in [5.74, 6) is 0.434. The van der Waals surface area contributed by atoms with Gasteiger partial charge in [-0.2, -0.15) is 4.98 Å². The lowest BCUT2D eigenvalue weighted by atomic mass is 10.1. The average molecular weight is 394 g/mol. The number of fused-ring (bicyclic) bond motifs is 1. The quantitative estimate of drug-likeness (QED) is 0.524. The van der Waals surface area contributed by atoms with E-state index >= 15 is 0 Å². The minimum atomic E-state index is -0.351. The number of benzene rings is 2. The molecule has 0 unspecified atom stereocenters. The van der Waals surface area contributed by atoms with Crippen molar-refractivity contribution in [2.45, 2.75) is 13.8 Å². The maximum absolute atomic E-state index is 13.4. The third-order valence-corrected chi connectivity index (χ3v) is 4.43. The summed E-state index contributed by atoms with van der Waals surface area (Å²) in [5, 5.41) is 8.26. The van der Waals surface area contributed by atoms with Crippen LogP contribution in [0.5, 0.6) is 0 Å². The van der Waals surface area contributed by atoms with Crippen LogP contribution in [0.25, 0.3) is 28.0 Å². The first-order valence-electron chi connectivity index (χ1n) is 9.24. The summed E-state index contributed by atoms with van der Waals surface area (Å²) in [4.78, 5) is 9.11. The van der Waals surface area contributed by atoms with E-state index in [0.717, 1.165) is 0 Å². The molecule has 0 atom stereocenters. The van der Waals surface area contributed by atoms with Crippen LogP contribution in [0.4, 0.5) is 20.5 Å². The molecule has 0 amide bonds. The van der Waals surface area contributed by atoms with E-state index in [-0.39, 0.29) is 11.6 Å². The van der Waals surface area contributed by atoms with Crippen LogP contribution in [0.2, 0.25) is 0 Å². The first-order chi connectivity index (χ1) is 13.9. The molecule has 2 aromatic carbocycles. The van der Waals surface area contributed by atoms with E-state index < -0.39 is 0 Å². The van der Waals surface area contributed by atoms with Gasteiger partial charge < -0.3 is 11.1 Å². The van der Waals surface area contributed by atoms with E-state index in [9.17, 15) is 8.78 Å². The number of halogens is 2. The van der Waals surface area contributed by atoms with Gasteiger partial charge in [0.25, 0.3) is 0 Å². The van der Waals surface area contributed by atoms with Gasteiger partial charge in [-0.1, -0.05) is 13.8 Å². The van der Waals surface area contributed by atoms with Crippen molar-refractivity contribution in [3.05, 3.63) is 60.2 Å². The van der Waals surface area contributed by atoms with Crippen molar-refractivity contribution < 1.29 is 8.78 Å². The third-order valence-electron chi connectivity index (χ3n) is 4.43. The molecular weight excluding hydrogens is 374 g/mol. The molecule has 4 rings (SSSR count). The molecule has 0 radical (unpaired) electrons. The van der Waals surface area contributed by atoms with Crippen molar-refractivity contribution in [3.63, 3.8) is 0 Å². The summed E-state index contributed by atoms with van der Waals surface area (Å²) in [5.41, 5.74) is 8.62. The molecule has 148 valence electrons. The molecule has 4 aromatic rings. The Balaban J connectivity index is 1.92. The lowest BCUT2D eigenvalue weighted by Gasteiger charge is -2.10. The van der Waals surface area contributed by atoms with Crippen LogP contribution in [0.1, 0.15) is 13.8 Å². The Morgan fingerprint density at radius 2 is 1.59 bits per heavy atom. The molecule has 6 nitrogen and oxygen atoms in total. The second-order valence-corrected chi connectivity index (χ2v) is 7.15. The lowest BCUT2D eigenvalue weighted by Crippen LogP contribution is -2.11. The Hall–Kier alpha value is -3.55. The zero-order chi connectivity index (χ0) is 20.5. The maximum atomic E-state index is 13.4. The molecule has 8 heteroatoms. The standard InChI is InChI=1S/C21H20F2N6/c1-12(2)11-25-21-26-18(13-3-5-14(22)6-4-13)17-19(24)29(28-20(17)27-21)16-9-7-15(23)8-10-16/h3-10,12H,11,24H2,1-2H3,(H,25,27,28). The van der Waals surface area contributed by atoms with Crippen molar-refractivity contribution in [3.8, 4) is 16.9 Å². The molecule has 0 bridgehead atoms. The van der Waals surface area contributed by atoms with Gasteiger partial charge in [0.1, 0.15) is 17.5 Å². The monoisotopic (exact) mass is 394 g/mol. The maximum Gasteiger partial charge on any atom is 0.225 e. The minimum absolute atomic E-state index is 0.321. The van der Waals surface area contributed by atoms with Crippen LogP contribution in [0.3, 0.4) is 0 Å². The summed E-state index contributed by atoms with van der Waals surface area (Å²) in [7, 11) is 0. The predicted molar refractivity (Wildman–Crippen MR) is 110 cm³/mol. The van der Waals surface area contributed by atoms with Gasteiger partial charge in [-0.25, -0.2) is 18.4 Å². The first-order valence-corrected chi connectivity index (χ1v) is 9.24. The number of hydrogen-bond acceptors (Lipinski definition) is 5. The SMILES string of the molecule is CC(C)CNc1nc(-c2ccc(F)cc2)c2c(N)n(-c3ccc(F)cc3)nc2n1. The lowest BCUT2D eigenvalue weighted by molar-refractivity contribution is 0.627. The summed E-state index contributed by atoms with van der Waals surface area (Å²) < 4.78 is 28.2. The van der Waals surface area contributed by atoms with Crippen LogP contribution in [-0.2, 0) is 0 Å². The van der Waals surface area contributed by atoms with Gasteiger partial charge in [0, 0.05) is 12.1 Å². The Labute approximate surface area is 166 Å². The second-order valence-electron chi connectivity index (χ2n) is 7.15. The predicted octanol–water partition coefficient (Wildman–Crippen LogP) is 4.41. The van der Waals surface area contributed by atoms with Gasteiger partial charge in [0.15, 0.2) is 5.65 Å². The fraction of sp³-hybridized carbons (Fsp3) is 0.190. The number of nitrogens with zero attached hydrogens (tertiary/aromatic N) is 4. The highest BCUT2D eigenvalue weighted by Gasteiger charge is 2.19. The molecule has 0 aliphatic heterocycles. The van der Waals surface area contributed by atoms with E-state index in [1.54, 1.807) is 24.3 Å². The van der Waals surface area contributed by atoms with Crippen LogP contribution >= 0.6 is 0 Å². The summed E-state index contributed by atoms with van der Waals surface area (Å²) in [6, 6.07) is 11.8. The van der Waals surface area contributed by atoms with E-state index in [4.69, 9.17) is 5.73 Å². The largest absolute Gasteiger partial charge is 0.383 e. The number of aromatic nitrogens is 4. The van der Waals surface area contributed by atoms with Gasteiger partial charge >= 0.3 is 0 Å². The third kappa shape index (κ3) is 3.73. The van der Waals surface area contributed by atoms with E-state index in [1.807, 2.05) is 0 Å². The molecular formula is C21H20F2N6. The Bertz CT molecular complexity index is 1150. The Kier molecular flexibility index (Phi) is 4.84. The van der Waals surface area contributed by atoms with Crippen LogP contribution < -0.4 is 11.1 Å². The highest BCUT2D eigenvalue weighted by atomic mass is 19.1. The fourth-order valence-electron chi connectivity index (χ4n) is 2.98. The molecule has 0 fully saturated rings. The summed E-state index contributed by atoms with van der Waals surface area (Å²) in [6.45, 7) is 4.84. The molecule has 0 saturated carbocycles. The minimum Gasteiger partial charge on any atom is -0.383 e. The molecule has 29 heavy (non-hydrogen) atoms. The smallest absolute Gasteiger partial charge is 0.225 e. The molecule has 0 saturated heterocycles. The van der Waals surface area contributed by atoms with Crippen molar-refractivity contribution in [2.24, 2.45) is 5.92 Å². The molecule has 2 aromatic heterocycles.